The van der Waals surface area contributed by atoms with Crippen LogP contribution in [0, 0.1) is 0 Å². The van der Waals surface area contributed by atoms with Gasteiger partial charge in [-0.1, -0.05) is 0 Å². The van der Waals surface area contributed by atoms with E-state index in [9.17, 15) is 0 Å². The minimum Gasteiger partial charge on any atom is -0.372 e. The van der Waals surface area contributed by atoms with Crippen molar-refractivity contribution >= 4 is 15.9 Å². The Morgan fingerprint density at radius 2 is 2.56 bits per heavy atom. The molecule has 0 radical (unpaired) electrons. The molecular formula is C5H7BrN2O. The van der Waals surface area contributed by atoms with Crippen molar-refractivity contribution < 1.29 is 5.11 Å². The summed E-state index contributed by atoms with van der Waals surface area (Å²) in [7, 11) is 0. The average Bonchev–Trinajstić information content (AvgIpc) is 2.13. The van der Waals surface area contributed by atoms with E-state index in [1.165, 1.54) is 4.68 Å². The largest absolute Gasteiger partial charge is 0.372 e. The van der Waals surface area contributed by atoms with Gasteiger partial charge in [-0.3, -0.25) is 0 Å². The van der Waals surface area contributed by atoms with Crippen LogP contribution in [0.5, 0.6) is 0 Å². The van der Waals surface area contributed by atoms with Crippen LogP contribution in [0.3, 0.4) is 0 Å². The molecule has 3 nitrogen and oxygen atoms in total. The van der Waals surface area contributed by atoms with Crippen molar-refractivity contribution in [3.05, 3.63) is 16.9 Å². The first-order valence-corrected chi connectivity index (χ1v) is 3.38. The molecule has 0 amide bonds. The number of rotatable bonds is 1. The highest BCUT2D eigenvalue weighted by atomic mass is 79.9. The van der Waals surface area contributed by atoms with E-state index in [2.05, 4.69) is 21.0 Å². The number of aliphatic hydroxyl groups is 1. The molecule has 0 aliphatic heterocycles. The molecule has 1 N–H and O–H groups in total. The van der Waals surface area contributed by atoms with Gasteiger partial charge in [0.2, 0.25) is 0 Å². The van der Waals surface area contributed by atoms with Crippen LogP contribution in [-0.2, 0) is 0 Å². The highest BCUT2D eigenvalue weighted by Gasteiger charge is 2.01. The predicted molar refractivity (Wildman–Crippen MR) is 36.9 cm³/mol. The number of hydrogen-bond acceptors (Lipinski definition) is 2. The Kier molecular flexibility index (Phi) is 1.87. The molecule has 1 atom stereocenters. The molecule has 0 saturated heterocycles. The topological polar surface area (TPSA) is 38.0 Å². The molecule has 0 aliphatic carbocycles. The van der Waals surface area contributed by atoms with Crippen LogP contribution in [0.4, 0.5) is 0 Å². The Labute approximate surface area is 61.4 Å². The molecule has 0 aromatic carbocycles. The van der Waals surface area contributed by atoms with Gasteiger partial charge in [0.1, 0.15) is 10.8 Å². The van der Waals surface area contributed by atoms with Crippen LogP contribution in [0.15, 0.2) is 16.9 Å². The van der Waals surface area contributed by atoms with Gasteiger partial charge in [0.25, 0.3) is 0 Å². The SMILES string of the molecule is CC(O)n1nccc1Br. The molecule has 1 aromatic heterocycles. The number of aliphatic hydroxyl groups excluding tert-OH is 1. The van der Waals surface area contributed by atoms with Crippen LogP contribution in [0.1, 0.15) is 13.2 Å². The maximum absolute atomic E-state index is 8.96. The molecule has 0 aliphatic rings. The van der Waals surface area contributed by atoms with Gasteiger partial charge in [-0.25, -0.2) is 4.68 Å². The number of hydrogen-bond donors (Lipinski definition) is 1. The number of nitrogens with zero attached hydrogens (tertiary/aromatic N) is 2. The molecule has 0 bridgehead atoms. The van der Waals surface area contributed by atoms with Crippen LogP contribution in [0.2, 0.25) is 0 Å². The molecule has 50 valence electrons. The van der Waals surface area contributed by atoms with Crippen LogP contribution in [-0.4, -0.2) is 14.9 Å². The van der Waals surface area contributed by atoms with Gasteiger partial charge in [-0.2, -0.15) is 5.10 Å². The van der Waals surface area contributed by atoms with Crippen molar-refractivity contribution in [2.24, 2.45) is 0 Å². The Bertz CT molecular complexity index is 197. The molecule has 0 spiro atoms. The standard InChI is InChI=1S/C5H7BrN2O/c1-4(9)8-5(6)2-3-7-8/h2-4,9H,1H3. The minimum atomic E-state index is -0.561. The quantitative estimate of drug-likeness (QED) is 0.723. The van der Waals surface area contributed by atoms with E-state index < -0.39 is 6.23 Å². The lowest BCUT2D eigenvalue weighted by atomic mass is 10.6. The smallest absolute Gasteiger partial charge is 0.145 e. The van der Waals surface area contributed by atoms with E-state index in [0.717, 1.165) is 4.60 Å². The second-order valence-corrected chi connectivity index (χ2v) is 2.54. The normalized spacial score (nSPS) is 13.7. The summed E-state index contributed by atoms with van der Waals surface area (Å²) in [6.07, 6.45) is 1.06. The van der Waals surface area contributed by atoms with E-state index in [-0.39, 0.29) is 0 Å². The fourth-order valence-electron chi connectivity index (χ4n) is 0.573. The predicted octanol–water partition coefficient (Wildman–Crippen LogP) is 1.16. The molecule has 9 heavy (non-hydrogen) atoms. The molecule has 1 unspecified atom stereocenters. The van der Waals surface area contributed by atoms with Crippen molar-refractivity contribution in [2.75, 3.05) is 0 Å². The lowest BCUT2D eigenvalue weighted by Crippen LogP contribution is -2.04. The first-order valence-electron chi connectivity index (χ1n) is 2.59. The third-order valence-electron chi connectivity index (χ3n) is 0.976. The van der Waals surface area contributed by atoms with E-state index in [1.807, 2.05) is 0 Å². The zero-order valence-corrected chi connectivity index (χ0v) is 6.54. The lowest BCUT2D eigenvalue weighted by Gasteiger charge is -2.03. The monoisotopic (exact) mass is 190 g/mol. The third-order valence-corrected chi connectivity index (χ3v) is 1.60. The van der Waals surface area contributed by atoms with Crippen molar-refractivity contribution in [3.63, 3.8) is 0 Å². The van der Waals surface area contributed by atoms with Gasteiger partial charge in [0.15, 0.2) is 0 Å². The Hall–Kier alpha value is -0.350. The Morgan fingerprint density at radius 3 is 2.78 bits per heavy atom. The summed E-state index contributed by atoms with van der Waals surface area (Å²) in [6.45, 7) is 1.65. The highest BCUT2D eigenvalue weighted by Crippen LogP contribution is 2.11. The third kappa shape index (κ3) is 1.31. The average molecular weight is 191 g/mol. The summed E-state index contributed by atoms with van der Waals surface area (Å²) in [4.78, 5) is 0. The number of halogens is 1. The van der Waals surface area contributed by atoms with Gasteiger partial charge in [-0.15, -0.1) is 0 Å². The van der Waals surface area contributed by atoms with E-state index in [1.54, 1.807) is 19.2 Å². The zero-order valence-electron chi connectivity index (χ0n) is 4.95. The summed E-state index contributed by atoms with van der Waals surface area (Å²) in [5, 5.41) is 12.8. The molecule has 1 rings (SSSR count). The summed E-state index contributed by atoms with van der Waals surface area (Å²) >= 11 is 3.21. The summed E-state index contributed by atoms with van der Waals surface area (Å²) in [6, 6.07) is 1.77. The van der Waals surface area contributed by atoms with E-state index >= 15 is 0 Å². The minimum absolute atomic E-state index is 0.561. The fourth-order valence-corrected chi connectivity index (χ4v) is 1.08. The summed E-state index contributed by atoms with van der Waals surface area (Å²) in [5.41, 5.74) is 0. The first kappa shape index (κ1) is 6.77. The molecule has 1 aromatic rings. The van der Waals surface area contributed by atoms with Crippen molar-refractivity contribution in [2.45, 2.75) is 13.2 Å². The highest BCUT2D eigenvalue weighted by molar-refractivity contribution is 9.10. The van der Waals surface area contributed by atoms with Crippen molar-refractivity contribution in [3.8, 4) is 0 Å². The van der Waals surface area contributed by atoms with E-state index in [4.69, 9.17) is 5.11 Å². The van der Waals surface area contributed by atoms with E-state index in [0.29, 0.717) is 0 Å². The van der Waals surface area contributed by atoms with Gasteiger partial charge >= 0.3 is 0 Å². The second-order valence-electron chi connectivity index (χ2n) is 1.73. The molecule has 1 heterocycles. The van der Waals surface area contributed by atoms with Gasteiger partial charge in [0, 0.05) is 0 Å². The maximum Gasteiger partial charge on any atom is 0.145 e. The summed E-state index contributed by atoms with van der Waals surface area (Å²) in [5.74, 6) is 0. The fraction of sp³-hybridized carbons (Fsp3) is 0.400. The van der Waals surface area contributed by atoms with Crippen molar-refractivity contribution in [1.82, 2.24) is 9.78 Å². The molecular weight excluding hydrogens is 184 g/mol. The number of aromatic nitrogens is 2. The Balaban J connectivity index is 2.94. The van der Waals surface area contributed by atoms with Gasteiger partial charge < -0.3 is 5.11 Å². The maximum atomic E-state index is 8.96. The van der Waals surface area contributed by atoms with Gasteiger partial charge in [-0.05, 0) is 28.9 Å². The second kappa shape index (κ2) is 2.49. The summed E-state index contributed by atoms with van der Waals surface area (Å²) < 4.78 is 2.26. The molecule has 0 fully saturated rings. The van der Waals surface area contributed by atoms with Crippen LogP contribution in [0.25, 0.3) is 0 Å². The molecule has 4 heteroatoms. The lowest BCUT2D eigenvalue weighted by molar-refractivity contribution is 0.108. The first-order chi connectivity index (χ1) is 4.22. The van der Waals surface area contributed by atoms with Gasteiger partial charge in [0.05, 0.1) is 6.20 Å². The van der Waals surface area contributed by atoms with Crippen LogP contribution >= 0.6 is 15.9 Å². The van der Waals surface area contributed by atoms with Crippen LogP contribution < -0.4 is 0 Å². The molecule has 0 saturated carbocycles. The van der Waals surface area contributed by atoms with Crippen molar-refractivity contribution in [1.29, 1.82) is 0 Å². The Morgan fingerprint density at radius 1 is 1.89 bits per heavy atom. The zero-order chi connectivity index (χ0) is 6.85.